The molecule has 3 aromatic rings. The van der Waals surface area contributed by atoms with Gasteiger partial charge in [0, 0.05) is 23.2 Å². The minimum atomic E-state index is -0.371. The SMILES string of the molecule is CNC(=O)c1cc(Cl)ccc1NC(=O)c1ccc(OCc2ccccc2C#N)cc1. The fraction of sp³-hybridized carbons (Fsp3) is 0.0870. The number of carbonyl (C=O) groups is 2. The molecule has 0 saturated heterocycles. The number of nitrogens with one attached hydrogen (secondary N) is 2. The highest BCUT2D eigenvalue weighted by Crippen LogP contribution is 2.22. The normalized spacial score (nSPS) is 10.0. The molecule has 150 valence electrons. The molecular formula is C23H18ClN3O3. The van der Waals surface area contributed by atoms with Crippen LogP contribution in [0.15, 0.2) is 66.7 Å². The molecule has 0 fully saturated rings. The number of amides is 2. The number of hydrogen-bond donors (Lipinski definition) is 2. The van der Waals surface area contributed by atoms with Crippen LogP contribution < -0.4 is 15.4 Å². The van der Waals surface area contributed by atoms with Crippen molar-refractivity contribution in [3.63, 3.8) is 0 Å². The third-order valence-corrected chi connectivity index (χ3v) is 4.59. The Balaban J connectivity index is 1.69. The maximum atomic E-state index is 12.6. The van der Waals surface area contributed by atoms with Crippen LogP contribution in [0.25, 0.3) is 0 Å². The molecule has 0 aliphatic rings. The standard InChI is InChI=1S/C23H18ClN3O3/c1-26-23(29)20-12-18(24)8-11-21(20)27-22(28)15-6-9-19(10-7-15)30-14-17-5-3-2-4-16(17)13-25/h2-12H,14H2,1H3,(H,26,29)(H,27,28). The molecule has 0 unspecified atom stereocenters. The van der Waals surface area contributed by atoms with Gasteiger partial charge in [-0.3, -0.25) is 9.59 Å². The lowest BCUT2D eigenvalue weighted by molar-refractivity contribution is 0.0964. The number of nitrogens with zero attached hydrogens (tertiary/aromatic N) is 1. The van der Waals surface area contributed by atoms with Gasteiger partial charge >= 0.3 is 0 Å². The van der Waals surface area contributed by atoms with Crippen molar-refractivity contribution in [2.24, 2.45) is 0 Å². The molecule has 0 heterocycles. The monoisotopic (exact) mass is 419 g/mol. The van der Waals surface area contributed by atoms with E-state index >= 15 is 0 Å². The molecule has 2 amide bonds. The molecular weight excluding hydrogens is 402 g/mol. The molecule has 0 atom stereocenters. The summed E-state index contributed by atoms with van der Waals surface area (Å²) in [5, 5.41) is 14.8. The third kappa shape index (κ3) is 4.96. The van der Waals surface area contributed by atoms with Crippen LogP contribution in [0.2, 0.25) is 5.02 Å². The van der Waals surface area contributed by atoms with Gasteiger partial charge in [0.15, 0.2) is 0 Å². The highest BCUT2D eigenvalue weighted by molar-refractivity contribution is 6.31. The van der Waals surface area contributed by atoms with E-state index in [0.29, 0.717) is 27.6 Å². The highest BCUT2D eigenvalue weighted by atomic mass is 35.5. The zero-order valence-corrected chi connectivity index (χ0v) is 16.9. The van der Waals surface area contributed by atoms with Crippen LogP contribution >= 0.6 is 11.6 Å². The van der Waals surface area contributed by atoms with Gasteiger partial charge in [-0.25, -0.2) is 0 Å². The predicted molar refractivity (Wildman–Crippen MR) is 115 cm³/mol. The molecule has 7 heteroatoms. The number of rotatable bonds is 6. The molecule has 0 spiro atoms. The Labute approximate surface area is 179 Å². The first-order valence-corrected chi connectivity index (χ1v) is 9.43. The Morgan fingerprint density at radius 2 is 1.77 bits per heavy atom. The van der Waals surface area contributed by atoms with Crippen molar-refractivity contribution >= 4 is 29.1 Å². The minimum Gasteiger partial charge on any atom is -0.489 e. The van der Waals surface area contributed by atoms with Crippen molar-refractivity contribution in [3.05, 3.63) is 94.0 Å². The van der Waals surface area contributed by atoms with Crippen molar-refractivity contribution in [1.82, 2.24) is 5.32 Å². The summed E-state index contributed by atoms with van der Waals surface area (Å²) in [6, 6.07) is 20.6. The van der Waals surface area contributed by atoms with E-state index in [-0.39, 0.29) is 24.0 Å². The number of ether oxygens (including phenoxy) is 1. The zero-order chi connectivity index (χ0) is 21.5. The number of carbonyl (C=O) groups excluding carboxylic acids is 2. The molecule has 3 aromatic carbocycles. The Bertz CT molecular complexity index is 1120. The molecule has 0 radical (unpaired) electrons. The number of halogens is 1. The van der Waals surface area contributed by atoms with Gasteiger partial charge in [0.1, 0.15) is 12.4 Å². The summed E-state index contributed by atoms with van der Waals surface area (Å²) in [5.41, 5.74) is 2.37. The molecule has 0 aromatic heterocycles. The van der Waals surface area contributed by atoms with Crippen molar-refractivity contribution < 1.29 is 14.3 Å². The van der Waals surface area contributed by atoms with E-state index in [0.717, 1.165) is 5.56 Å². The fourth-order valence-corrected chi connectivity index (χ4v) is 2.93. The van der Waals surface area contributed by atoms with Gasteiger partial charge in [0.05, 0.1) is 22.9 Å². The van der Waals surface area contributed by atoms with E-state index in [1.54, 1.807) is 48.5 Å². The second-order valence-electron chi connectivity index (χ2n) is 6.31. The maximum absolute atomic E-state index is 12.6. The third-order valence-electron chi connectivity index (χ3n) is 4.35. The maximum Gasteiger partial charge on any atom is 0.255 e. The van der Waals surface area contributed by atoms with Crippen LogP contribution in [-0.2, 0) is 6.61 Å². The number of benzene rings is 3. The largest absolute Gasteiger partial charge is 0.489 e. The highest BCUT2D eigenvalue weighted by Gasteiger charge is 2.14. The Morgan fingerprint density at radius 3 is 2.47 bits per heavy atom. The second kappa shape index (κ2) is 9.59. The molecule has 6 nitrogen and oxygen atoms in total. The first-order chi connectivity index (χ1) is 14.5. The van der Waals surface area contributed by atoms with Crippen LogP contribution in [0, 0.1) is 11.3 Å². The fourth-order valence-electron chi connectivity index (χ4n) is 2.76. The minimum absolute atomic E-state index is 0.246. The molecule has 0 aliphatic heterocycles. The average Bonchev–Trinajstić information content (AvgIpc) is 2.78. The molecule has 30 heavy (non-hydrogen) atoms. The van der Waals surface area contributed by atoms with Crippen LogP contribution in [-0.4, -0.2) is 18.9 Å². The number of anilines is 1. The van der Waals surface area contributed by atoms with Crippen LogP contribution in [0.5, 0.6) is 5.75 Å². The first-order valence-electron chi connectivity index (χ1n) is 9.05. The van der Waals surface area contributed by atoms with Crippen molar-refractivity contribution in [3.8, 4) is 11.8 Å². The van der Waals surface area contributed by atoms with Crippen molar-refractivity contribution in [2.45, 2.75) is 6.61 Å². The van der Waals surface area contributed by atoms with Gasteiger partial charge in [-0.15, -0.1) is 0 Å². The van der Waals surface area contributed by atoms with E-state index in [2.05, 4.69) is 16.7 Å². The van der Waals surface area contributed by atoms with Crippen molar-refractivity contribution in [2.75, 3.05) is 12.4 Å². The zero-order valence-electron chi connectivity index (χ0n) is 16.1. The van der Waals surface area contributed by atoms with E-state index in [1.165, 1.54) is 13.1 Å². The number of nitriles is 1. The summed E-state index contributed by atoms with van der Waals surface area (Å²) in [6.45, 7) is 0.246. The van der Waals surface area contributed by atoms with Gasteiger partial charge in [-0.2, -0.15) is 5.26 Å². The smallest absolute Gasteiger partial charge is 0.255 e. The van der Waals surface area contributed by atoms with Gasteiger partial charge in [-0.1, -0.05) is 29.8 Å². The Kier molecular flexibility index (Phi) is 6.68. The summed E-state index contributed by atoms with van der Waals surface area (Å²) in [6.07, 6.45) is 0. The Morgan fingerprint density at radius 1 is 1.03 bits per heavy atom. The molecule has 3 rings (SSSR count). The van der Waals surface area contributed by atoms with Gasteiger partial charge in [0.2, 0.25) is 0 Å². The summed E-state index contributed by atoms with van der Waals surface area (Å²) in [4.78, 5) is 24.6. The van der Waals surface area contributed by atoms with Gasteiger partial charge in [0.25, 0.3) is 11.8 Å². The van der Waals surface area contributed by atoms with E-state index in [4.69, 9.17) is 21.6 Å². The molecule has 0 bridgehead atoms. The lowest BCUT2D eigenvalue weighted by Gasteiger charge is -2.11. The van der Waals surface area contributed by atoms with E-state index in [1.807, 2.05) is 12.1 Å². The summed E-state index contributed by atoms with van der Waals surface area (Å²) >= 11 is 5.96. The summed E-state index contributed by atoms with van der Waals surface area (Å²) in [7, 11) is 1.50. The van der Waals surface area contributed by atoms with E-state index in [9.17, 15) is 9.59 Å². The number of hydrogen-bond acceptors (Lipinski definition) is 4. The van der Waals surface area contributed by atoms with E-state index < -0.39 is 0 Å². The van der Waals surface area contributed by atoms with Crippen LogP contribution in [0.3, 0.4) is 0 Å². The summed E-state index contributed by atoms with van der Waals surface area (Å²) in [5.74, 6) is -0.158. The van der Waals surface area contributed by atoms with Gasteiger partial charge in [-0.05, 0) is 48.5 Å². The first kappa shape index (κ1) is 20.9. The van der Waals surface area contributed by atoms with Crippen LogP contribution in [0.4, 0.5) is 5.69 Å². The lowest BCUT2D eigenvalue weighted by Crippen LogP contribution is -2.21. The predicted octanol–water partition coefficient (Wildman–Crippen LogP) is 4.40. The quantitative estimate of drug-likeness (QED) is 0.619. The topological polar surface area (TPSA) is 91.2 Å². The lowest BCUT2D eigenvalue weighted by atomic mass is 10.1. The molecule has 0 saturated carbocycles. The average molecular weight is 420 g/mol. The van der Waals surface area contributed by atoms with Crippen LogP contribution in [0.1, 0.15) is 31.8 Å². The molecule has 2 N–H and O–H groups in total. The molecule has 0 aliphatic carbocycles. The summed E-state index contributed by atoms with van der Waals surface area (Å²) < 4.78 is 5.72. The second-order valence-corrected chi connectivity index (χ2v) is 6.74. The Hall–Kier alpha value is -3.82. The van der Waals surface area contributed by atoms with Crippen molar-refractivity contribution in [1.29, 1.82) is 5.26 Å². The van der Waals surface area contributed by atoms with Gasteiger partial charge < -0.3 is 15.4 Å².